The Morgan fingerprint density at radius 1 is 1.14 bits per heavy atom. The molecule has 0 atom stereocenters. The zero-order valence-corrected chi connectivity index (χ0v) is 16.9. The van der Waals surface area contributed by atoms with Crippen molar-refractivity contribution in [1.29, 1.82) is 0 Å². The van der Waals surface area contributed by atoms with Crippen LogP contribution >= 0.6 is 11.3 Å². The van der Waals surface area contributed by atoms with Crippen LogP contribution in [0.4, 0.5) is 5.69 Å². The number of nitrogens with zero attached hydrogens (tertiary/aromatic N) is 4. The highest BCUT2D eigenvalue weighted by atomic mass is 32.1. The summed E-state index contributed by atoms with van der Waals surface area (Å²) in [7, 11) is 0. The average Bonchev–Trinajstić information content (AvgIpc) is 3.22. The first-order valence-corrected chi connectivity index (χ1v) is 10.5. The van der Waals surface area contributed by atoms with Gasteiger partial charge in [-0.1, -0.05) is 12.1 Å². The second kappa shape index (κ2) is 8.52. The van der Waals surface area contributed by atoms with Gasteiger partial charge in [0.1, 0.15) is 5.01 Å². The number of aromatic nitrogens is 2. The van der Waals surface area contributed by atoms with Gasteiger partial charge in [0.2, 0.25) is 5.91 Å². The van der Waals surface area contributed by atoms with E-state index in [9.17, 15) is 4.79 Å². The molecule has 1 aliphatic heterocycles. The van der Waals surface area contributed by atoms with Crippen LogP contribution in [0.5, 0.6) is 0 Å². The third kappa shape index (κ3) is 4.39. The van der Waals surface area contributed by atoms with E-state index < -0.39 is 0 Å². The fraction of sp³-hybridized carbons (Fsp3) is 0.318. The van der Waals surface area contributed by atoms with Crippen LogP contribution in [-0.4, -0.2) is 47.0 Å². The van der Waals surface area contributed by atoms with Crippen molar-refractivity contribution in [2.75, 3.05) is 31.1 Å². The zero-order valence-electron chi connectivity index (χ0n) is 16.0. The Labute approximate surface area is 169 Å². The number of pyridine rings is 1. The summed E-state index contributed by atoms with van der Waals surface area (Å²) in [4.78, 5) is 25.8. The third-order valence-corrected chi connectivity index (χ3v) is 5.99. The third-order valence-electron chi connectivity index (χ3n) is 5.05. The summed E-state index contributed by atoms with van der Waals surface area (Å²) in [6.45, 7) is 5.45. The summed E-state index contributed by atoms with van der Waals surface area (Å²) in [6.07, 6.45) is 4.78. The first-order valence-electron chi connectivity index (χ1n) is 9.63. The van der Waals surface area contributed by atoms with E-state index >= 15 is 0 Å². The standard InChI is InChI=1S/C22H24N4OS/c1-17-4-2-6-20(14-17)25-10-12-26(13-11-25)21(27)8-7-19-16-28-22(24-19)18-5-3-9-23-15-18/h2-6,9,14-16H,7-8,10-13H2,1H3. The smallest absolute Gasteiger partial charge is 0.223 e. The molecule has 0 unspecified atom stereocenters. The average molecular weight is 393 g/mol. The zero-order chi connectivity index (χ0) is 19.3. The van der Waals surface area contributed by atoms with Gasteiger partial charge in [-0.2, -0.15) is 0 Å². The van der Waals surface area contributed by atoms with E-state index in [-0.39, 0.29) is 5.91 Å². The van der Waals surface area contributed by atoms with Crippen molar-refractivity contribution in [2.24, 2.45) is 0 Å². The second-order valence-electron chi connectivity index (χ2n) is 7.09. The fourth-order valence-electron chi connectivity index (χ4n) is 3.48. The summed E-state index contributed by atoms with van der Waals surface area (Å²) >= 11 is 1.61. The van der Waals surface area contributed by atoms with E-state index in [4.69, 9.17) is 0 Å². The van der Waals surface area contributed by atoms with E-state index in [1.807, 2.05) is 28.6 Å². The Hall–Kier alpha value is -2.73. The molecule has 1 amide bonds. The molecule has 4 rings (SSSR count). The Kier molecular flexibility index (Phi) is 5.67. The lowest BCUT2D eigenvalue weighted by molar-refractivity contribution is -0.131. The largest absolute Gasteiger partial charge is 0.368 e. The predicted octanol–water partition coefficient (Wildman–Crippen LogP) is 3.79. The minimum Gasteiger partial charge on any atom is -0.368 e. The van der Waals surface area contributed by atoms with E-state index in [1.54, 1.807) is 17.5 Å². The van der Waals surface area contributed by atoms with Gasteiger partial charge in [-0.15, -0.1) is 11.3 Å². The molecule has 6 heteroatoms. The number of benzene rings is 1. The molecule has 0 radical (unpaired) electrons. The van der Waals surface area contributed by atoms with Crippen LogP contribution in [0.3, 0.4) is 0 Å². The van der Waals surface area contributed by atoms with Crippen molar-refractivity contribution in [1.82, 2.24) is 14.9 Å². The van der Waals surface area contributed by atoms with Crippen LogP contribution in [0, 0.1) is 6.92 Å². The Morgan fingerprint density at radius 3 is 2.75 bits per heavy atom. The van der Waals surface area contributed by atoms with Crippen LogP contribution in [0.2, 0.25) is 0 Å². The molecule has 0 N–H and O–H groups in total. The summed E-state index contributed by atoms with van der Waals surface area (Å²) < 4.78 is 0. The van der Waals surface area contributed by atoms with Crippen LogP contribution in [0.15, 0.2) is 54.2 Å². The lowest BCUT2D eigenvalue weighted by Crippen LogP contribution is -2.48. The van der Waals surface area contributed by atoms with E-state index in [2.05, 4.69) is 46.1 Å². The summed E-state index contributed by atoms with van der Waals surface area (Å²) in [5, 5.41) is 3.01. The van der Waals surface area contributed by atoms with Gasteiger partial charge in [0, 0.05) is 61.6 Å². The lowest BCUT2D eigenvalue weighted by Gasteiger charge is -2.36. The Morgan fingerprint density at radius 2 is 2.00 bits per heavy atom. The normalized spacial score (nSPS) is 14.3. The molecule has 3 aromatic rings. The number of hydrogen-bond acceptors (Lipinski definition) is 5. The van der Waals surface area contributed by atoms with Gasteiger partial charge in [-0.25, -0.2) is 4.98 Å². The molecule has 0 spiro atoms. The van der Waals surface area contributed by atoms with Crippen LogP contribution in [0.25, 0.3) is 10.6 Å². The number of thiazole rings is 1. The van der Waals surface area contributed by atoms with Crippen molar-refractivity contribution in [2.45, 2.75) is 19.8 Å². The first-order chi connectivity index (χ1) is 13.7. The van der Waals surface area contributed by atoms with Crippen molar-refractivity contribution < 1.29 is 4.79 Å². The number of carbonyl (C=O) groups is 1. The van der Waals surface area contributed by atoms with Crippen molar-refractivity contribution in [3.05, 3.63) is 65.4 Å². The molecule has 28 heavy (non-hydrogen) atoms. The highest BCUT2D eigenvalue weighted by Gasteiger charge is 2.21. The summed E-state index contributed by atoms with van der Waals surface area (Å²) in [5.41, 5.74) is 4.52. The summed E-state index contributed by atoms with van der Waals surface area (Å²) in [6, 6.07) is 12.5. The molecule has 3 heterocycles. The number of amides is 1. The van der Waals surface area contributed by atoms with E-state index in [0.717, 1.165) is 42.4 Å². The molecular weight excluding hydrogens is 368 g/mol. The molecule has 0 saturated carbocycles. The molecule has 5 nitrogen and oxygen atoms in total. The number of hydrogen-bond donors (Lipinski definition) is 0. The molecule has 0 aliphatic carbocycles. The quantitative estimate of drug-likeness (QED) is 0.663. The number of aryl methyl sites for hydroxylation is 2. The number of anilines is 1. The van der Waals surface area contributed by atoms with E-state index in [1.165, 1.54) is 11.3 Å². The lowest BCUT2D eigenvalue weighted by atomic mass is 10.1. The number of carbonyl (C=O) groups excluding carboxylic acids is 1. The second-order valence-corrected chi connectivity index (χ2v) is 7.95. The monoisotopic (exact) mass is 392 g/mol. The topological polar surface area (TPSA) is 49.3 Å². The van der Waals surface area contributed by atoms with Crippen LogP contribution in [0.1, 0.15) is 17.7 Å². The molecule has 1 saturated heterocycles. The Bertz CT molecular complexity index is 932. The summed E-state index contributed by atoms with van der Waals surface area (Å²) in [5.74, 6) is 0.222. The molecule has 144 valence electrons. The van der Waals surface area contributed by atoms with Gasteiger partial charge in [0.25, 0.3) is 0 Å². The van der Waals surface area contributed by atoms with Crippen molar-refractivity contribution in [3.63, 3.8) is 0 Å². The first kappa shape index (κ1) is 18.6. The van der Waals surface area contributed by atoms with Gasteiger partial charge < -0.3 is 9.80 Å². The highest BCUT2D eigenvalue weighted by Crippen LogP contribution is 2.23. The van der Waals surface area contributed by atoms with Gasteiger partial charge in [0.05, 0.1) is 5.69 Å². The Balaban J connectivity index is 1.28. The molecule has 0 bridgehead atoms. The van der Waals surface area contributed by atoms with Gasteiger partial charge in [0.15, 0.2) is 0 Å². The van der Waals surface area contributed by atoms with Crippen LogP contribution in [-0.2, 0) is 11.2 Å². The number of rotatable bonds is 5. The maximum Gasteiger partial charge on any atom is 0.223 e. The van der Waals surface area contributed by atoms with Crippen LogP contribution < -0.4 is 4.90 Å². The molecule has 1 fully saturated rings. The SMILES string of the molecule is Cc1cccc(N2CCN(C(=O)CCc3csc(-c4cccnc4)n3)CC2)c1. The van der Waals surface area contributed by atoms with Crippen molar-refractivity contribution >= 4 is 22.9 Å². The molecule has 1 aliphatic rings. The minimum atomic E-state index is 0.222. The minimum absolute atomic E-state index is 0.222. The number of piperazine rings is 1. The molecular formula is C22H24N4OS. The molecule has 2 aromatic heterocycles. The fourth-order valence-corrected chi connectivity index (χ4v) is 4.32. The van der Waals surface area contributed by atoms with Gasteiger partial charge in [-0.3, -0.25) is 9.78 Å². The highest BCUT2D eigenvalue weighted by molar-refractivity contribution is 7.13. The van der Waals surface area contributed by atoms with Gasteiger partial charge >= 0.3 is 0 Å². The van der Waals surface area contributed by atoms with E-state index in [0.29, 0.717) is 12.8 Å². The maximum atomic E-state index is 12.6. The maximum absolute atomic E-state index is 12.6. The van der Waals surface area contributed by atoms with Crippen molar-refractivity contribution in [3.8, 4) is 10.6 Å². The van der Waals surface area contributed by atoms with Gasteiger partial charge in [-0.05, 0) is 43.2 Å². The molecule has 1 aromatic carbocycles. The predicted molar refractivity (Wildman–Crippen MR) is 114 cm³/mol.